The van der Waals surface area contributed by atoms with E-state index in [9.17, 15) is 9.59 Å². The minimum atomic E-state index is -0.402. The molecule has 0 spiro atoms. The van der Waals surface area contributed by atoms with Gasteiger partial charge in [0.1, 0.15) is 5.56 Å². The quantitative estimate of drug-likeness (QED) is 0.746. The number of H-pyrrole nitrogens is 1. The smallest absolute Gasteiger partial charge is 0.261 e. The van der Waals surface area contributed by atoms with Crippen LogP contribution in [0.3, 0.4) is 0 Å². The van der Waals surface area contributed by atoms with Crippen LogP contribution in [0.25, 0.3) is 0 Å². The maximum Gasteiger partial charge on any atom is 0.261 e. The van der Waals surface area contributed by atoms with Crippen LogP contribution in [-0.2, 0) is 0 Å². The molecular weight excluding hydrogens is 338 g/mol. The fourth-order valence-corrected chi connectivity index (χ4v) is 3.19. The van der Waals surface area contributed by atoms with Gasteiger partial charge in [-0.1, -0.05) is 24.3 Å². The zero-order valence-electron chi connectivity index (χ0n) is 16.0. The lowest BCUT2D eigenvalue weighted by atomic mass is 9.96. The molecule has 3 aromatic rings. The third-order valence-electron chi connectivity index (χ3n) is 4.75. The molecule has 0 fully saturated rings. The summed E-state index contributed by atoms with van der Waals surface area (Å²) in [5.74, 6) is -0.402. The minimum Gasteiger partial charge on any atom is -0.341 e. The molecule has 3 rings (SSSR count). The zero-order valence-corrected chi connectivity index (χ0v) is 16.0. The van der Waals surface area contributed by atoms with Crippen LogP contribution < -0.4 is 10.9 Å². The number of pyridine rings is 2. The van der Waals surface area contributed by atoms with Crippen molar-refractivity contribution in [3.8, 4) is 0 Å². The van der Waals surface area contributed by atoms with Crippen LogP contribution in [0.15, 0.2) is 53.6 Å². The summed E-state index contributed by atoms with van der Waals surface area (Å²) >= 11 is 0. The van der Waals surface area contributed by atoms with Crippen molar-refractivity contribution >= 4 is 5.91 Å². The number of aromatic nitrogens is 2. The maximum absolute atomic E-state index is 13.0. The van der Waals surface area contributed by atoms with Crippen LogP contribution >= 0.6 is 0 Å². The highest BCUT2D eigenvalue weighted by molar-refractivity contribution is 5.95. The van der Waals surface area contributed by atoms with Crippen molar-refractivity contribution < 1.29 is 4.79 Å². The van der Waals surface area contributed by atoms with Gasteiger partial charge in [-0.2, -0.15) is 0 Å². The Kier molecular flexibility index (Phi) is 5.21. The first kappa shape index (κ1) is 18.6. The molecule has 0 aliphatic heterocycles. The number of carbonyl (C=O) groups excluding carboxylic acids is 1. The van der Waals surface area contributed by atoms with E-state index in [1.54, 1.807) is 32.3 Å². The lowest BCUT2D eigenvalue weighted by molar-refractivity contribution is 0.0940. The Bertz CT molecular complexity index is 1040. The van der Waals surface area contributed by atoms with Gasteiger partial charge in [0.25, 0.3) is 11.5 Å². The Morgan fingerprint density at radius 2 is 1.78 bits per heavy atom. The Morgan fingerprint density at radius 3 is 2.41 bits per heavy atom. The molecule has 1 amide bonds. The minimum absolute atomic E-state index is 0.137. The molecule has 0 saturated carbocycles. The van der Waals surface area contributed by atoms with Crippen LogP contribution in [0, 0.1) is 27.7 Å². The summed E-state index contributed by atoms with van der Waals surface area (Å²) in [5, 5.41) is 3.01. The average molecular weight is 361 g/mol. The Hall–Kier alpha value is -3.21. The topological polar surface area (TPSA) is 74.8 Å². The molecule has 27 heavy (non-hydrogen) atoms. The lowest BCUT2D eigenvalue weighted by Crippen LogP contribution is -2.34. The van der Waals surface area contributed by atoms with Gasteiger partial charge in [-0.25, -0.2) is 0 Å². The van der Waals surface area contributed by atoms with E-state index in [0.29, 0.717) is 5.56 Å². The Labute approximate surface area is 158 Å². The van der Waals surface area contributed by atoms with E-state index in [2.05, 4.69) is 21.4 Å². The molecule has 1 atom stereocenters. The average Bonchev–Trinajstić information content (AvgIpc) is 2.62. The van der Waals surface area contributed by atoms with E-state index in [0.717, 1.165) is 22.4 Å². The van der Waals surface area contributed by atoms with Crippen LogP contribution in [-0.4, -0.2) is 15.9 Å². The third-order valence-corrected chi connectivity index (χ3v) is 4.75. The van der Waals surface area contributed by atoms with Gasteiger partial charge in [0.05, 0.1) is 6.04 Å². The normalized spacial score (nSPS) is 11.9. The second-order valence-corrected chi connectivity index (χ2v) is 6.88. The second-order valence-electron chi connectivity index (χ2n) is 6.88. The van der Waals surface area contributed by atoms with Gasteiger partial charge in [0, 0.05) is 18.1 Å². The predicted octanol–water partition coefficient (Wildman–Crippen LogP) is 3.52. The van der Waals surface area contributed by atoms with E-state index < -0.39 is 11.9 Å². The molecule has 1 aromatic carbocycles. The molecule has 5 nitrogen and oxygen atoms in total. The molecular formula is C22H23N3O2. The molecule has 0 aliphatic rings. The van der Waals surface area contributed by atoms with E-state index in [4.69, 9.17) is 0 Å². The van der Waals surface area contributed by atoms with Gasteiger partial charge in [0.2, 0.25) is 0 Å². The summed E-state index contributed by atoms with van der Waals surface area (Å²) in [6.45, 7) is 7.65. The number of rotatable bonds is 4. The Morgan fingerprint density at radius 1 is 1.00 bits per heavy atom. The van der Waals surface area contributed by atoms with Crippen LogP contribution in [0.2, 0.25) is 0 Å². The van der Waals surface area contributed by atoms with Gasteiger partial charge < -0.3 is 10.3 Å². The zero-order chi connectivity index (χ0) is 19.6. The van der Waals surface area contributed by atoms with Crippen LogP contribution in [0.5, 0.6) is 0 Å². The molecule has 0 aliphatic carbocycles. The summed E-state index contributed by atoms with van der Waals surface area (Å²) < 4.78 is 0. The molecule has 2 N–H and O–H groups in total. The first-order valence-corrected chi connectivity index (χ1v) is 8.85. The van der Waals surface area contributed by atoms with Gasteiger partial charge in [-0.3, -0.25) is 14.6 Å². The van der Waals surface area contributed by atoms with Crippen LogP contribution in [0.4, 0.5) is 0 Å². The van der Waals surface area contributed by atoms with Gasteiger partial charge in [0.15, 0.2) is 0 Å². The van der Waals surface area contributed by atoms with Gasteiger partial charge >= 0.3 is 0 Å². The monoisotopic (exact) mass is 361 g/mol. The third kappa shape index (κ3) is 3.97. The Balaban J connectivity index is 2.03. The van der Waals surface area contributed by atoms with E-state index in [1.165, 1.54) is 5.56 Å². The number of nitrogens with zero attached hydrogens (tertiary/aromatic N) is 1. The number of hydrogen-bond acceptors (Lipinski definition) is 3. The van der Waals surface area contributed by atoms with Gasteiger partial charge in [-0.05, 0) is 67.6 Å². The van der Waals surface area contributed by atoms with Crippen molar-refractivity contribution in [1.82, 2.24) is 15.3 Å². The standard InChI is InChI=1S/C22H23N3O2/c1-13-7-8-17(11-14(13)2)20(18-6-5-9-23-12-18)25-22(27)19-15(3)10-16(4)24-21(19)26/h5-12,20H,1-4H3,(H,24,26)(H,25,27). The summed E-state index contributed by atoms with van der Waals surface area (Å²) in [7, 11) is 0. The number of aromatic amines is 1. The fourth-order valence-electron chi connectivity index (χ4n) is 3.19. The van der Waals surface area contributed by atoms with E-state index in [-0.39, 0.29) is 11.1 Å². The summed E-state index contributed by atoms with van der Waals surface area (Å²) in [6, 6.07) is 11.2. The number of carbonyl (C=O) groups is 1. The highest BCUT2D eigenvalue weighted by atomic mass is 16.2. The number of benzene rings is 1. The largest absolute Gasteiger partial charge is 0.341 e. The fraction of sp³-hybridized carbons (Fsp3) is 0.227. The van der Waals surface area contributed by atoms with E-state index >= 15 is 0 Å². The molecule has 138 valence electrons. The maximum atomic E-state index is 13.0. The first-order valence-electron chi connectivity index (χ1n) is 8.85. The SMILES string of the molecule is Cc1cc(C)c(C(=O)NC(c2cccnc2)c2ccc(C)c(C)c2)c(=O)[nH]1. The highest BCUT2D eigenvalue weighted by Crippen LogP contribution is 2.24. The molecule has 1 unspecified atom stereocenters. The number of hydrogen-bond donors (Lipinski definition) is 2. The highest BCUT2D eigenvalue weighted by Gasteiger charge is 2.21. The number of nitrogens with one attached hydrogen (secondary N) is 2. The van der Waals surface area contributed by atoms with E-state index in [1.807, 2.05) is 38.1 Å². The lowest BCUT2D eigenvalue weighted by Gasteiger charge is -2.21. The molecule has 0 radical (unpaired) electrons. The van der Waals surface area contributed by atoms with Crippen molar-refractivity contribution in [2.24, 2.45) is 0 Å². The molecule has 2 aromatic heterocycles. The van der Waals surface area contributed by atoms with Gasteiger partial charge in [-0.15, -0.1) is 0 Å². The first-order chi connectivity index (χ1) is 12.9. The predicted molar refractivity (Wildman–Crippen MR) is 106 cm³/mol. The van der Waals surface area contributed by atoms with Crippen LogP contribution in [0.1, 0.15) is 49.9 Å². The molecule has 0 bridgehead atoms. The summed E-state index contributed by atoms with van der Waals surface area (Å²) in [5.41, 5.74) is 5.26. The summed E-state index contributed by atoms with van der Waals surface area (Å²) in [4.78, 5) is 32.2. The van der Waals surface area contributed by atoms with Crippen molar-refractivity contribution in [2.45, 2.75) is 33.7 Å². The second kappa shape index (κ2) is 7.58. The van der Waals surface area contributed by atoms with Crippen molar-refractivity contribution in [3.05, 3.63) is 98.2 Å². The number of amides is 1. The van der Waals surface area contributed by atoms with Crippen molar-refractivity contribution in [2.75, 3.05) is 0 Å². The van der Waals surface area contributed by atoms with Crippen molar-refractivity contribution in [1.29, 1.82) is 0 Å². The molecule has 2 heterocycles. The molecule has 0 saturated heterocycles. The number of aryl methyl sites for hydroxylation is 4. The van der Waals surface area contributed by atoms with Crippen molar-refractivity contribution in [3.63, 3.8) is 0 Å². The molecule has 5 heteroatoms. The summed E-state index contributed by atoms with van der Waals surface area (Å²) in [6.07, 6.45) is 3.42.